The predicted octanol–water partition coefficient (Wildman–Crippen LogP) is 2.02. The zero-order valence-corrected chi connectivity index (χ0v) is 11.2. The molecule has 1 aliphatic rings. The maximum Gasteiger partial charge on any atom is 0.336 e. The molecular weight excluding hydrogens is 256 g/mol. The van der Waals surface area contributed by atoms with E-state index in [0.29, 0.717) is 22.2 Å². The zero-order valence-electron chi connectivity index (χ0n) is 11.2. The van der Waals surface area contributed by atoms with Gasteiger partial charge in [0.25, 0.3) is 0 Å². The number of aromatic nitrogens is 1. The Morgan fingerprint density at radius 3 is 2.95 bits per heavy atom. The van der Waals surface area contributed by atoms with E-state index in [-0.39, 0.29) is 5.92 Å². The molecule has 2 heterocycles. The molecule has 104 valence electrons. The molecule has 2 N–H and O–H groups in total. The number of hydrogen-bond donors (Lipinski definition) is 2. The van der Waals surface area contributed by atoms with Gasteiger partial charge in [0.1, 0.15) is 5.75 Å². The van der Waals surface area contributed by atoms with Crippen LogP contribution < -0.4 is 10.1 Å². The number of aromatic carboxylic acids is 1. The van der Waals surface area contributed by atoms with Crippen molar-refractivity contribution in [3.8, 4) is 5.75 Å². The third-order valence-corrected chi connectivity index (χ3v) is 3.75. The Hall–Kier alpha value is -2.14. The summed E-state index contributed by atoms with van der Waals surface area (Å²) < 4.78 is 5.19. The number of carbonyl (C=O) groups is 1. The number of carboxylic acid groups (broad SMARTS) is 1. The number of benzene rings is 1. The van der Waals surface area contributed by atoms with Crippen molar-refractivity contribution in [1.82, 2.24) is 10.3 Å². The summed E-state index contributed by atoms with van der Waals surface area (Å²) in [5, 5.41) is 13.3. The van der Waals surface area contributed by atoms with Crippen molar-refractivity contribution in [2.75, 3.05) is 20.2 Å². The molecule has 2 aromatic rings. The number of hydrogen-bond acceptors (Lipinski definition) is 4. The van der Waals surface area contributed by atoms with Gasteiger partial charge in [-0.2, -0.15) is 0 Å². The van der Waals surface area contributed by atoms with Crippen LogP contribution in [-0.2, 0) is 0 Å². The van der Waals surface area contributed by atoms with Crippen molar-refractivity contribution in [1.29, 1.82) is 0 Å². The van der Waals surface area contributed by atoms with Gasteiger partial charge in [0, 0.05) is 29.6 Å². The highest BCUT2D eigenvalue weighted by Gasteiger charge is 2.21. The van der Waals surface area contributed by atoms with Crippen LogP contribution in [0.25, 0.3) is 10.9 Å². The van der Waals surface area contributed by atoms with Crippen LogP contribution in [0.15, 0.2) is 24.3 Å². The maximum absolute atomic E-state index is 11.5. The van der Waals surface area contributed by atoms with E-state index in [0.717, 1.165) is 25.2 Å². The topological polar surface area (TPSA) is 71.5 Å². The standard InChI is InChI=1S/C15H16N2O3/c1-20-10-2-3-11-12(15(18)19)7-13(17-14(11)6-10)9-4-5-16-8-9/h2-3,6-7,9,16H,4-5,8H2,1H3,(H,18,19). The van der Waals surface area contributed by atoms with Gasteiger partial charge < -0.3 is 15.2 Å². The maximum atomic E-state index is 11.5. The summed E-state index contributed by atoms with van der Waals surface area (Å²) in [6.45, 7) is 1.80. The van der Waals surface area contributed by atoms with E-state index in [1.165, 1.54) is 0 Å². The molecule has 1 aromatic heterocycles. The fraction of sp³-hybridized carbons (Fsp3) is 0.333. The van der Waals surface area contributed by atoms with Gasteiger partial charge in [0.2, 0.25) is 0 Å². The fourth-order valence-electron chi connectivity index (χ4n) is 2.65. The molecule has 1 atom stereocenters. The van der Waals surface area contributed by atoms with Crippen LogP contribution >= 0.6 is 0 Å². The first kappa shape index (κ1) is 12.9. The number of ether oxygens (including phenoxy) is 1. The van der Waals surface area contributed by atoms with Gasteiger partial charge >= 0.3 is 5.97 Å². The normalized spacial score (nSPS) is 18.4. The van der Waals surface area contributed by atoms with Crippen molar-refractivity contribution in [2.24, 2.45) is 0 Å². The van der Waals surface area contributed by atoms with Crippen molar-refractivity contribution in [2.45, 2.75) is 12.3 Å². The second kappa shape index (κ2) is 5.09. The highest BCUT2D eigenvalue weighted by Crippen LogP contribution is 2.28. The van der Waals surface area contributed by atoms with E-state index in [2.05, 4.69) is 10.3 Å². The van der Waals surface area contributed by atoms with Crippen molar-refractivity contribution >= 4 is 16.9 Å². The summed E-state index contributed by atoms with van der Waals surface area (Å²) in [7, 11) is 1.59. The average molecular weight is 272 g/mol. The van der Waals surface area contributed by atoms with E-state index in [1.807, 2.05) is 0 Å². The van der Waals surface area contributed by atoms with Crippen LogP contribution in [-0.4, -0.2) is 36.3 Å². The number of fused-ring (bicyclic) bond motifs is 1. The third-order valence-electron chi connectivity index (χ3n) is 3.75. The second-order valence-corrected chi connectivity index (χ2v) is 4.97. The van der Waals surface area contributed by atoms with E-state index in [9.17, 15) is 9.90 Å². The van der Waals surface area contributed by atoms with Gasteiger partial charge in [-0.05, 0) is 31.2 Å². The fourth-order valence-corrected chi connectivity index (χ4v) is 2.65. The number of rotatable bonds is 3. The van der Waals surface area contributed by atoms with Crippen molar-refractivity contribution in [3.63, 3.8) is 0 Å². The summed E-state index contributed by atoms with van der Waals surface area (Å²) in [4.78, 5) is 16.1. The van der Waals surface area contributed by atoms with Gasteiger partial charge in [-0.25, -0.2) is 4.79 Å². The smallest absolute Gasteiger partial charge is 0.336 e. The molecule has 1 fully saturated rings. The minimum absolute atomic E-state index is 0.281. The van der Waals surface area contributed by atoms with Crippen molar-refractivity contribution < 1.29 is 14.6 Å². The Bertz CT molecular complexity index is 663. The highest BCUT2D eigenvalue weighted by molar-refractivity contribution is 6.02. The summed E-state index contributed by atoms with van der Waals surface area (Å²) in [6.07, 6.45) is 0.988. The Labute approximate surface area is 116 Å². The molecule has 5 nitrogen and oxygen atoms in total. The highest BCUT2D eigenvalue weighted by atomic mass is 16.5. The SMILES string of the molecule is COc1ccc2c(C(=O)O)cc(C3CCNC3)nc2c1. The monoisotopic (exact) mass is 272 g/mol. The Morgan fingerprint density at radius 2 is 2.30 bits per heavy atom. The number of carboxylic acids is 1. The molecule has 20 heavy (non-hydrogen) atoms. The number of nitrogens with zero attached hydrogens (tertiary/aromatic N) is 1. The number of nitrogens with one attached hydrogen (secondary N) is 1. The lowest BCUT2D eigenvalue weighted by Crippen LogP contribution is -2.10. The molecule has 0 amide bonds. The summed E-state index contributed by atoms with van der Waals surface area (Å²) >= 11 is 0. The molecule has 0 radical (unpaired) electrons. The summed E-state index contributed by atoms with van der Waals surface area (Å²) in [6, 6.07) is 7.00. The first-order valence-electron chi connectivity index (χ1n) is 6.61. The molecule has 0 aliphatic carbocycles. The van der Waals surface area contributed by atoms with Crippen LogP contribution in [0.1, 0.15) is 28.4 Å². The Balaban J connectivity index is 2.19. The lowest BCUT2D eigenvalue weighted by atomic mass is 9.99. The predicted molar refractivity (Wildman–Crippen MR) is 75.5 cm³/mol. The van der Waals surface area contributed by atoms with E-state index in [1.54, 1.807) is 31.4 Å². The lowest BCUT2D eigenvalue weighted by molar-refractivity contribution is 0.0699. The quantitative estimate of drug-likeness (QED) is 0.894. The minimum atomic E-state index is -0.922. The summed E-state index contributed by atoms with van der Waals surface area (Å²) in [5.74, 6) is 0.0431. The average Bonchev–Trinajstić information content (AvgIpc) is 2.99. The minimum Gasteiger partial charge on any atom is -0.497 e. The first-order chi connectivity index (χ1) is 9.69. The van der Waals surface area contributed by atoms with E-state index in [4.69, 9.17) is 4.74 Å². The van der Waals surface area contributed by atoms with E-state index < -0.39 is 5.97 Å². The van der Waals surface area contributed by atoms with Crippen molar-refractivity contribution in [3.05, 3.63) is 35.5 Å². The van der Waals surface area contributed by atoms with Crippen LogP contribution in [0.5, 0.6) is 5.75 Å². The summed E-state index contributed by atoms with van der Waals surface area (Å²) in [5.41, 5.74) is 1.82. The van der Waals surface area contributed by atoms with E-state index >= 15 is 0 Å². The largest absolute Gasteiger partial charge is 0.497 e. The molecular formula is C15H16N2O3. The molecule has 1 aromatic carbocycles. The zero-order chi connectivity index (χ0) is 14.1. The van der Waals surface area contributed by atoms with Crippen LogP contribution in [0.4, 0.5) is 0 Å². The molecule has 1 saturated heterocycles. The Kier molecular flexibility index (Phi) is 3.28. The molecule has 1 unspecified atom stereocenters. The Morgan fingerprint density at radius 1 is 1.45 bits per heavy atom. The number of methoxy groups -OCH3 is 1. The van der Waals surface area contributed by atoms with Gasteiger partial charge in [-0.15, -0.1) is 0 Å². The molecule has 0 spiro atoms. The molecule has 0 bridgehead atoms. The van der Waals surface area contributed by atoms with Gasteiger partial charge in [-0.3, -0.25) is 4.98 Å². The van der Waals surface area contributed by atoms with Gasteiger partial charge in [0.05, 0.1) is 18.2 Å². The molecule has 1 aliphatic heterocycles. The third kappa shape index (κ3) is 2.20. The first-order valence-corrected chi connectivity index (χ1v) is 6.61. The van der Waals surface area contributed by atoms with Crippen LogP contribution in [0.3, 0.4) is 0 Å². The van der Waals surface area contributed by atoms with Gasteiger partial charge in [-0.1, -0.05) is 0 Å². The lowest BCUT2D eigenvalue weighted by Gasteiger charge is -2.12. The second-order valence-electron chi connectivity index (χ2n) is 4.97. The molecule has 3 rings (SSSR count). The molecule has 5 heteroatoms. The van der Waals surface area contributed by atoms with Crippen LogP contribution in [0, 0.1) is 0 Å². The molecule has 0 saturated carbocycles. The van der Waals surface area contributed by atoms with Gasteiger partial charge in [0.15, 0.2) is 0 Å². The number of pyridine rings is 1. The van der Waals surface area contributed by atoms with Crippen LogP contribution in [0.2, 0.25) is 0 Å².